The van der Waals surface area contributed by atoms with Crippen LogP contribution in [-0.2, 0) is 11.2 Å². The van der Waals surface area contributed by atoms with Crippen LogP contribution in [0.3, 0.4) is 0 Å². The Hall–Kier alpha value is -3.66. The Morgan fingerprint density at radius 1 is 0.818 bits per heavy atom. The summed E-state index contributed by atoms with van der Waals surface area (Å²) >= 11 is 0. The van der Waals surface area contributed by atoms with Crippen molar-refractivity contribution in [1.29, 1.82) is 0 Å². The molecule has 0 saturated carbocycles. The predicted octanol–water partition coefficient (Wildman–Crippen LogP) is 6.35. The third-order valence-corrected chi connectivity index (χ3v) is 6.43. The molecule has 2 heterocycles. The van der Waals surface area contributed by atoms with Crippen LogP contribution < -0.4 is 0 Å². The summed E-state index contributed by atoms with van der Waals surface area (Å²) in [4.78, 5) is 19.7. The van der Waals surface area contributed by atoms with Gasteiger partial charge in [0.05, 0.1) is 0 Å². The van der Waals surface area contributed by atoms with Crippen LogP contribution >= 0.6 is 0 Å². The summed E-state index contributed by atoms with van der Waals surface area (Å²) in [5.74, 6) is 2.10. The van der Waals surface area contributed by atoms with Crippen LogP contribution in [0.1, 0.15) is 36.6 Å². The van der Waals surface area contributed by atoms with Crippen molar-refractivity contribution in [3.63, 3.8) is 0 Å². The molecule has 4 aromatic rings. The van der Waals surface area contributed by atoms with Crippen LogP contribution in [0.5, 0.6) is 0 Å². The standard InChI is InChI=1S/C29H28N2O2/c32-27(31-20-18-23(19-21-31)22-10-4-1-5-11-22)17-16-26-30-28(24-12-6-2-7-13-24)29(33-26)25-14-8-3-9-15-25/h1-15,23H,16-21H2. The first-order valence-electron chi connectivity index (χ1n) is 11.7. The highest BCUT2D eigenvalue weighted by Gasteiger charge is 2.24. The lowest BCUT2D eigenvalue weighted by atomic mass is 9.89. The highest BCUT2D eigenvalue weighted by atomic mass is 16.4. The number of carbonyl (C=O) groups is 1. The minimum Gasteiger partial charge on any atom is -0.440 e. The Bertz CT molecular complexity index is 1120. The first-order valence-corrected chi connectivity index (χ1v) is 11.7. The Morgan fingerprint density at radius 3 is 2.03 bits per heavy atom. The third kappa shape index (κ3) is 4.90. The number of aryl methyl sites for hydroxylation is 1. The zero-order chi connectivity index (χ0) is 22.5. The summed E-state index contributed by atoms with van der Waals surface area (Å²) in [6, 6.07) is 30.7. The number of oxazole rings is 1. The monoisotopic (exact) mass is 436 g/mol. The third-order valence-electron chi connectivity index (χ3n) is 6.43. The first-order chi connectivity index (χ1) is 16.3. The zero-order valence-corrected chi connectivity index (χ0v) is 18.7. The molecule has 0 radical (unpaired) electrons. The summed E-state index contributed by atoms with van der Waals surface area (Å²) in [5.41, 5.74) is 4.21. The van der Waals surface area contributed by atoms with E-state index in [1.807, 2.05) is 65.6 Å². The van der Waals surface area contributed by atoms with E-state index in [0.29, 0.717) is 24.7 Å². The molecular formula is C29H28N2O2. The molecule has 0 unspecified atom stereocenters. The average molecular weight is 437 g/mol. The summed E-state index contributed by atoms with van der Waals surface area (Å²) in [7, 11) is 0. The maximum Gasteiger partial charge on any atom is 0.223 e. The number of amides is 1. The van der Waals surface area contributed by atoms with Crippen molar-refractivity contribution < 1.29 is 9.21 Å². The summed E-state index contributed by atoms with van der Waals surface area (Å²) in [5, 5.41) is 0. The van der Waals surface area contributed by atoms with Gasteiger partial charge < -0.3 is 9.32 Å². The second kappa shape index (κ2) is 9.86. The van der Waals surface area contributed by atoms with E-state index in [1.165, 1.54) is 5.56 Å². The molecular weight excluding hydrogens is 408 g/mol. The Kier molecular flexibility index (Phi) is 6.34. The van der Waals surface area contributed by atoms with E-state index in [2.05, 4.69) is 30.3 Å². The summed E-state index contributed by atoms with van der Waals surface area (Å²) < 4.78 is 6.19. The van der Waals surface area contributed by atoms with Gasteiger partial charge in [-0.05, 0) is 24.3 Å². The number of rotatable bonds is 6. The molecule has 1 saturated heterocycles. The molecule has 33 heavy (non-hydrogen) atoms. The van der Waals surface area contributed by atoms with Gasteiger partial charge in [-0.1, -0.05) is 91.0 Å². The second-order valence-corrected chi connectivity index (χ2v) is 8.58. The number of aromatic nitrogens is 1. The fourth-order valence-electron chi connectivity index (χ4n) is 4.61. The van der Waals surface area contributed by atoms with Gasteiger partial charge in [0.2, 0.25) is 5.91 Å². The minimum absolute atomic E-state index is 0.183. The zero-order valence-electron chi connectivity index (χ0n) is 18.7. The van der Waals surface area contributed by atoms with Crippen LogP contribution in [0.25, 0.3) is 22.6 Å². The second-order valence-electron chi connectivity index (χ2n) is 8.58. The lowest BCUT2D eigenvalue weighted by molar-refractivity contribution is -0.132. The molecule has 166 valence electrons. The first kappa shape index (κ1) is 21.2. The number of hydrogen-bond acceptors (Lipinski definition) is 3. The highest BCUT2D eigenvalue weighted by molar-refractivity contribution is 5.78. The molecule has 5 rings (SSSR count). The van der Waals surface area contributed by atoms with Gasteiger partial charge in [-0.25, -0.2) is 4.98 Å². The van der Waals surface area contributed by atoms with Gasteiger partial charge >= 0.3 is 0 Å². The number of carbonyl (C=O) groups excluding carboxylic acids is 1. The molecule has 0 spiro atoms. The van der Waals surface area contributed by atoms with Gasteiger partial charge in [0, 0.05) is 37.1 Å². The molecule has 1 aliphatic rings. The van der Waals surface area contributed by atoms with Gasteiger partial charge in [-0.15, -0.1) is 0 Å². The number of benzene rings is 3. The van der Waals surface area contributed by atoms with Crippen LogP contribution in [-0.4, -0.2) is 28.9 Å². The molecule has 1 aliphatic heterocycles. The number of likely N-dealkylation sites (tertiary alicyclic amines) is 1. The average Bonchev–Trinajstić information content (AvgIpc) is 3.33. The van der Waals surface area contributed by atoms with Crippen molar-refractivity contribution in [1.82, 2.24) is 9.88 Å². The fourth-order valence-corrected chi connectivity index (χ4v) is 4.61. The number of nitrogens with zero attached hydrogens (tertiary/aromatic N) is 2. The SMILES string of the molecule is O=C(CCc1nc(-c2ccccc2)c(-c2ccccc2)o1)N1CCC(c2ccccc2)CC1. The molecule has 4 nitrogen and oxygen atoms in total. The molecule has 3 aromatic carbocycles. The van der Waals surface area contributed by atoms with E-state index >= 15 is 0 Å². The van der Waals surface area contributed by atoms with Crippen LogP contribution in [0.15, 0.2) is 95.4 Å². The summed E-state index contributed by atoms with van der Waals surface area (Å²) in [6.07, 6.45) is 2.96. The van der Waals surface area contributed by atoms with Crippen LogP contribution in [0, 0.1) is 0 Å². The van der Waals surface area contributed by atoms with E-state index in [0.717, 1.165) is 48.5 Å². The van der Waals surface area contributed by atoms with E-state index < -0.39 is 0 Å². The normalized spacial score (nSPS) is 14.4. The lowest BCUT2D eigenvalue weighted by Gasteiger charge is -2.32. The van der Waals surface area contributed by atoms with Crippen molar-refractivity contribution in [2.45, 2.75) is 31.6 Å². The van der Waals surface area contributed by atoms with Crippen molar-refractivity contribution >= 4 is 5.91 Å². The van der Waals surface area contributed by atoms with Crippen LogP contribution in [0.2, 0.25) is 0 Å². The summed E-state index contributed by atoms with van der Waals surface area (Å²) in [6.45, 7) is 1.63. The topological polar surface area (TPSA) is 46.3 Å². The van der Waals surface area contributed by atoms with Gasteiger partial charge in [0.1, 0.15) is 5.69 Å². The quantitative estimate of drug-likeness (QED) is 0.354. The van der Waals surface area contributed by atoms with E-state index in [4.69, 9.17) is 9.40 Å². The Labute approximate surface area is 194 Å². The fraction of sp³-hybridized carbons (Fsp3) is 0.241. The van der Waals surface area contributed by atoms with E-state index in [-0.39, 0.29) is 5.91 Å². The number of piperidine rings is 1. The van der Waals surface area contributed by atoms with Gasteiger partial charge in [0.25, 0.3) is 0 Å². The molecule has 1 fully saturated rings. The number of hydrogen-bond donors (Lipinski definition) is 0. The van der Waals surface area contributed by atoms with Gasteiger partial charge in [-0.3, -0.25) is 4.79 Å². The molecule has 1 aromatic heterocycles. The van der Waals surface area contributed by atoms with Gasteiger partial charge in [0.15, 0.2) is 11.7 Å². The largest absolute Gasteiger partial charge is 0.440 e. The maximum absolute atomic E-state index is 12.9. The Morgan fingerprint density at radius 2 is 1.39 bits per heavy atom. The molecule has 0 bridgehead atoms. The van der Waals surface area contributed by atoms with Crippen molar-refractivity contribution in [2.24, 2.45) is 0 Å². The predicted molar refractivity (Wildman–Crippen MR) is 131 cm³/mol. The van der Waals surface area contributed by atoms with Crippen LogP contribution in [0.4, 0.5) is 0 Å². The molecule has 0 aliphatic carbocycles. The molecule has 4 heteroatoms. The molecule has 0 N–H and O–H groups in total. The highest BCUT2D eigenvalue weighted by Crippen LogP contribution is 2.33. The van der Waals surface area contributed by atoms with Crippen molar-refractivity contribution in [3.8, 4) is 22.6 Å². The smallest absolute Gasteiger partial charge is 0.223 e. The van der Waals surface area contributed by atoms with Crippen molar-refractivity contribution in [3.05, 3.63) is 102 Å². The van der Waals surface area contributed by atoms with Gasteiger partial charge in [-0.2, -0.15) is 0 Å². The Balaban J connectivity index is 1.25. The minimum atomic E-state index is 0.183. The lowest BCUT2D eigenvalue weighted by Crippen LogP contribution is -2.38. The molecule has 0 atom stereocenters. The molecule has 1 amide bonds. The van der Waals surface area contributed by atoms with E-state index in [1.54, 1.807) is 0 Å². The van der Waals surface area contributed by atoms with E-state index in [9.17, 15) is 4.79 Å². The maximum atomic E-state index is 12.9. The van der Waals surface area contributed by atoms with Crippen molar-refractivity contribution in [2.75, 3.05) is 13.1 Å².